The van der Waals surface area contributed by atoms with Crippen LogP contribution in [0.5, 0.6) is 0 Å². The molecular weight excluding hydrogens is 394 g/mol. The maximum Gasteiger partial charge on any atom is 0.253 e. The van der Waals surface area contributed by atoms with Crippen LogP contribution in [-0.4, -0.2) is 43.5 Å². The summed E-state index contributed by atoms with van der Waals surface area (Å²) in [7, 11) is 1.77. The summed E-state index contributed by atoms with van der Waals surface area (Å²) < 4.78 is 23.7. The Hall–Kier alpha value is -3.88. The van der Waals surface area contributed by atoms with Gasteiger partial charge < -0.3 is 10.6 Å². The van der Waals surface area contributed by atoms with Crippen molar-refractivity contribution in [3.8, 4) is 11.5 Å². The molecule has 2 aliphatic rings. The standard InChI is InChI=1S/C22H21N7O2/c1-23-22(31)16-10-24-19(27-21(30)12-6-7-12)15-9-13(8-14(15)16)17-4-3-5-18(26-17)20-25-11-29(2)28-20/h3-5,8,10-12H,6-7,9H2,1-2H3,(H,23,31)(H,24,27,30)/i1D3. The minimum absolute atomic E-state index is 0.0194. The number of pyridine rings is 2. The number of hydrogen-bond donors (Lipinski definition) is 2. The van der Waals surface area contributed by atoms with Gasteiger partial charge in [0.1, 0.15) is 17.8 Å². The molecule has 0 unspecified atom stereocenters. The number of amides is 2. The van der Waals surface area contributed by atoms with Crippen LogP contribution in [0.25, 0.3) is 23.2 Å². The fourth-order valence-corrected chi connectivity index (χ4v) is 3.61. The van der Waals surface area contributed by atoms with Gasteiger partial charge in [-0.15, -0.1) is 5.10 Å². The van der Waals surface area contributed by atoms with Gasteiger partial charge in [0.05, 0.1) is 11.3 Å². The van der Waals surface area contributed by atoms with Gasteiger partial charge in [-0.2, -0.15) is 0 Å². The monoisotopic (exact) mass is 418 g/mol. The number of anilines is 1. The minimum atomic E-state index is -2.64. The van der Waals surface area contributed by atoms with Crippen molar-refractivity contribution in [3.63, 3.8) is 0 Å². The second kappa shape index (κ2) is 7.42. The first-order chi connectivity index (χ1) is 16.2. The molecule has 0 aromatic carbocycles. The Labute approximate surface area is 182 Å². The van der Waals surface area contributed by atoms with Crippen LogP contribution < -0.4 is 10.6 Å². The normalized spacial score (nSPS) is 16.5. The zero-order chi connectivity index (χ0) is 24.0. The van der Waals surface area contributed by atoms with Crippen LogP contribution in [0.3, 0.4) is 0 Å². The molecule has 0 spiro atoms. The number of nitrogens with zero attached hydrogens (tertiary/aromatic N) is 5. The lowest BCUT2D eigenvalue weighted by Gasteiger charge is -2.12. The van der Waals surface area contributed by atoms with Crippen molar-refractivity contribution in [2.24, 2.45) is 13.0 Å². The molecule has 3 aromatic rings. The van der Waals surface area contributed by atoms with E-state index in [0.29, 0.717) is 40.6 Å². The highest BCUT2D eigenvalue weighted by Crippen LogP contribution is 2.38. The van der Waals surface area contributed by atoms with Crippen LogP contribution in [0.15, 0.2) is 30.7 Å². The van der Waals surface area contributed by atoms with Crippen molar-refractivity contribution in [1.82, 2.24) is 30.0 Å². The van der Waals surface area contributed by atoms with E-state index in [9.17, 15) is 9.59 Å². The van der Waals surface area contributed by atoms with E-state index in [4.69, 9.17) is 4.11 Å². The van der Waals surface area contributed by atoms with Crippen LogP contribution in [-0.2, 0) is 18.3 Å². The Morgan fingerprint density at radius 1 is 1.23 bits per heavy atom. The Morgan fingerprint density at radius 2 is 2.06 bits per heavy atom. The van der Waals surface area contributed by atoms with Gasteiger partial charge in [0.2, 0.25) is 5.91 Å². The SMILES string of the molecule is [2H]C([2H])([2H])NC(=O)c1cnc(NC(=O)C2CC2)c2c1C=C(c1cccc(-c3ncn(C)n3)n1)C2. The fourth-order valence-electron chi connectivity index (χ4n) is 3.61. The first kappa shape index (κ1) is 15.9. The van der Waals surface area contributed by atoms with Gasteiger partial charge in [-0.25, -0.2) is 15.0 Å². The molecule has 9 heteroatoms. The summed E-state index contributed by atoms with van der Waals surface area (Å²) in [5.41, 5.74) is 3.32. The smallest absolute Gasteiger partial charge is 0.253 e. The summed E-state index contributed by atoms with van der Waals surface area (Å²) >= 11 is 0. The first-order valence-electron chi connectivity index (χ1n) is 11.4. The van der Waals surface area contributed by atoms with Crippen molar-refractivity contribution < 1.29 is 13.7 Å². The molecule has 1 fully saturated rings. The number of fused-ring (bicyclic) bond motifs is 1. The van der Waals surface area contributed by atoms with Crippen molar-refractivity contribution in [1.29, 1.82) is 0 Å². The summed E-state index contributed by atoms with van der Waals surface area (Å²) in [4.78, 5) is 38.3. The van der Waals surface area contributed by atoms with Gasteiger partial charge in [0, 0.05) is 42.2 Å². The van der Waals surface area contributed by atoms with Gasteiger partial charge in [-0.1, -0.05) is 6.07 Å². The average Bonchev–Trinajstić information content (AvgIpc) is 3.39. The van der Waals surface area contributed by atoms with E-state index in [-0.39, 0.29) is 17.4 Å². The van der Waals surface area contributed by atoms with Crippen molar-refractivity contribution >= 4 is 29.3 Å². The molecule has 2 amide bonds. The summed E-state index contributed by atoms with van der Waals surface area (Å²) in [6, 6.07) is 5.48. The van der Waals surface area contributed by atoms with Crippen LogP contribution in [0.4, 0.5) is 5.82 Å². The van der Waals surface area contributed by atoms with Crippen LogP contribution in [0, 0.1) is 5.92 Å². The number of carbonyl (C=O) groups excluding carboxylic acids is 2. The molecule has 0 aliphatic heterocycles. The highest BCUT2D eigenvalue weighted by Gasteiger charge is 2.32. The molecule has 0 radical (unpaired) electrons. The first-order valence-corrected chi connectivity index (χ1v) is 9.87. The lowest BCUT2D eigenvalue weighted by Crippen LogP contribution is -2.21. The lowest BCUT2D eigenvalue weighted by molar-refractivity contribution is -0.117. The Morgan fingerprint density at radius 3 is 2.81 bits per heavy atom. The second-order valence-corrected chi connectivity index (χ2v) is 7.63. The molecule has 9 nitrogen and oxygen atoms in total. The molecule has 2 N–H and O–H groups in total. The molecule has 3 aromatic heterocycles. The van der Waals surface area contributed by atoms with E-state index < -0.39 is 12.9 Å². The zero-order valence-electron chi connectivity index (χ0n) is 19.7. The molecule has 2 aliphatic carbocycles. The summed E-state index contributed by atoms with van der Waals surface area (Å²) in [5.74, 6) is -0.0395. The van der Waals surface area contributed by atoms with E-state index in [1.807, 2.05) is 17.4 Å². The average molecular weight is 418 g/mol. The molecule has 156 valence electrons. The highest BCUT2D eigenvalue weighted by molar-refractivity contribution is 6.04. The number of allylic oxidation sites excluding steroid dienone is 1. The van der Waals surface area contributed by atoms with Gasteiger partial charge in [-0.05, 0) is 42.2 Å². The summed E-state index contributed by atoms with van der Waals surface area (Å²) in [5, 5.41) is 9.16. The van der Waals surface area contributed by atoms with Crippen LogP contribution in [0.1, 0.15) is 44.1 Å². The fraction of sp³-hybridized carbons (Fsp3) is 0.273. The third-order valence-corrected chi connectivity index (χ3v) is 5.36. The number of nitrogens with one attached hydrogen (secondary N) is 2. The number of aryl methyl sites for hydroxylation is 1. The van der Waals surface area contributed by atoms with Crippen molar-refractivity contribution in [2.75, 3.05) is 12.3 Å². The Bertz CT molecular complexity index is 1340. The van der Waals surface area contributed by atoms with Crippen molar-refractivity contribution in [2.45, 2.75) is 19.3 Å². The Balaban J connectivity index is 1.52. The van der Waals surface area contributed by atoms with Crippen molar-refractivity contribution in [3.05, 3.63) is 53.1 Å². The molecule has 3 heterocycles. The number of aromatic nitrogens is 5. The second-order valence-electron chi connectivity index (χ2n) is 7.63. The molecule has 1 saturated carbocycles. The topological polar surface area (TPSA) is 115 Å². The predicted octanol–water partition coefficient (Wildman–Crippen LogP) is 2.08. The quantitative estimate of drug-likeness (QED) is 0.656. The molecule has 0 saturated heterocycles. The van der Waals surface area contributed by atoms with E-state index in [0.717, 1.165) is 18.4 Å². The van der Waals surface area contributed by atoms with E-state index >= 15 is 0 Å². The molecule has 5 rings (SSSR count). The highest BCUT2D eigenvalue weighted by atomic mass is 16.2. The molecule has 31 heavy (non-hydrogen) atoms. The summed E-state index contributed by atoms with van der Waals surface area (Å²) in [6.07, 6.45) is 6.72. The lowest BCUT2D eigenvalue weighted by atomic mass is 10.0. The maximum absolute atomic E-state index is 12.7. The van der Waals surface area contributed by atoms with E-state index in [2.05, 4.69) is 25.4 Å². The molecule has 0 atom stereocenters. The zero-order valence-corrected chi connectivity index (χ0v) is 16.7. The number of carbonyl (C=O) groups is 2. The molecule has 0 bridgehead atoms. The van der Waals surface area contributed by atoms with E-state index in [1.165, 1.54) is 6.20 Å². The van der Waals surface area contributed by atoms with Crippen LogP contribution in [0.2, 0.25) is 0 Å². The van der Waals surface area contributed by atoms with Gasteiger partial charge >= 0.3 is 0 Å². The number of hydrogen-bond acceptors (Lipinski definition) is 6. The molecular formula is C22H21N7O2. The largest absolute Gasteiger partial charge is 0.355 e. The number of rotatable bonds is 5. The Kier molecular flexibility index (Phi) is 3.81. The minimum Gasteiger partial charge on any atom is -0.355 e. The van der Waals surface area contributed by atoms with Crippen LogP contribution >= 0.6 is 0 Å². The van der Waals surface area contributed by atoms with Gasteiger partial charge in [0.15, 0.2) is 5.82 Å². The van der Waals surface area contributed by atoms with Gasteiger partial charge in [0.25, 0.3) is 5.91 Å². The third-order valence-electron chi connectivity index (χ3n) is 5.36. The third kappa shape index (κ3) is 3.58. The van der Waals surface area contributed by atoms with E-state index in [1.54, 1.807) is 30.2 Å². The maximum atomic E-state index is 12.7. The predicted molar refractivity (Wildman–Crippen MR) is 115 cm³/mol. The van der Waals surface area contributed by atoms with Gasteiger partial charge in [-0.3, -0.25) is 14.3 Å². The summed E-state index contributed by atoms with van der Waals surface area (Å²) in [6.45, 7) is -2.64.